The number of hydrogen-bond donors (Lipinski definition) is 1. The van der Waals surface area contributed by atoms with E-state index in [0.29, 0.717) is 23.5 Å². The number of rotatable bonds is 4. The number of aryl methyl sites for hydroxylation is 4. The van der Waals surface area contributed by atoms with Gasteiger partial charge in [0.15, 0.2) is 0 Å². The van der Waals surface area contributed by atoms with Crippen LogP contribution in [-0.4, -0.2) is 20.4 Å². The number of benzene rings is 2. The lowest BCUT2D eigenvalue weighted by atomic mass is 10.0. The molecule has 2 heterocycles. The van der Waals surface area contributed by atoms with Gasteiger partial charge in [-0.1, -0.05) is 30.3 Å². The first-order valence-electron chi connectivity index (χ1n) is 9.63. The Morgan fingerprint density at radius 1 is 1.10 bits per heavy atom. The molecule has 1 amide bonds. The highest BCUT2D eigenvalue weighted by Gasteiger charge is 2.16. The van der Waals surface area contributed by atoms with Gasteiger partial charge in [0, 0.05) is 36.1 Å². The number of carbonyl (C=O) groups is 1. The maximum Gasteiger partial charge on any atom is 0.252 e. The van der Waals surface area contributed by atoms with Gasteiger partial charge in [0.05, 0.1) is 17.0 Å². The number of nitrogens with zero attached hydrogens (tertiary/aromatic N) is 3. The third-order valence-electron chi connectivity index (χ3n) is 5.57. The number of primary amides is 1. The van der Waals surface area contributed by atoms with Crippen LogP contribution < -0.4 is 5.73 Å². The van der Waals surface area contributed by atoms with Crippen LogP contribution in [0.5, 0.6) is 0 Å². The van der Waals surface area contributed by atoms with E-state index in [1.807, 2.05) is 0 Å². The molecule has 0 saturated heterocycles. The van der Waals surface area contributed by atoms with Crippen LogP contribution in [0.2, 0.25) is 0 Å². The summed E-state index contributed by atoms with van der Waals surface area (Å²) in [7, 11) is 2.12. The molecule has 4 rings (SSSR count). The number of hydrogen-bond acceptors (Lipinski definition) is 3. The molecule has 0 atom stereocenters. The largest absolute Gasteiger partial charge is 0.365 e. The fourth-order valence-electron chi connectivity index (χ4n) is 4.03. The van der Waals surface area contributed by atoms with E-state index < -0.39 is 5.91 Å². The molecular weight excluding hydrogens is 360 g/mol. The van der Waals surface area contributed by atoms with E-state index in [9.17, 15) is 4.79 Å². The van der Waals surface area contributed by atoms with Crippen LogP contribution in [0.4, 0.5) is 0 Å². The first-order valence-corrected chi connectivity index (χ1v) is 9.63. The van der Waals surface area contributed by atoms with E-state index in [4.69, 9.17) is 5.73 Å². The summed E-state index contributed by atoms with van der Waals surface area (Å²) in [5.41, 5.74) is 13.7. The van der Waals surface area contributed by atoms with Crippen molar-refractivity contribution in [2.24, 2.45) is 12.8 Å². The Bertz CT molecular complexity index is 1250. The Balaban J connectivity index is 1.76. The highest BCUT2D eigenvalue weighted by Crippen LogP contribution is 2.34. The Labute approximate surface area is 170 Å². The highest BCUT2D eigenvalue weighted by atomic mass is 16.1. The lowest BCUT2D eigenvalue weighted by molar-refractivity contribution is 0.0999. The van der Waals surface area contributed by atoms with Gasteiger partial charge in [0.2, 0.25) is 0 Å². The van der Waals surface area contributed by atoms with Crippen LogP contribution in [0.3, 0.4) is 0 Å². The maximum atomic E-state index is 11.4. The van der Waals surface area contributed by atoms with E-state index in [2.05, 4.69) is 77.9 Å². The number of aromatic nitrogens is 3. The maximum absolute atomic E-state index is 11.4. The van der Waals surface area contributed by atoms with Crippen LogP contribution in [-0.2, 0) is 13.5 Å². The van der Waals surface area contributed by atoms with E-state index in [-0.39, 0.29) is 0 Å². The van der Waals surface area contributed by atoms with E-state index >= 15 is 0 Å². The monoisotopic (exact) mass is 384 g/mol. The summed E-state index contributed by atoms with van der Waals surface area (Å²) >= 11 is 0. The van der Waals surface area contributed by atoms with Crippen LogP contribution >= 0.6 is 0 Å². The minimum Gasteiger partial charge on any atom is -0.365 e. The van der Waals surface area contributed by atoms with Crippen LogP contribution in [0, 0.1) is 20.8 Å². The second kappa shape index (κ2) is 7.17. The average molecular weight is 384 g/mol. The molecule has 0 saturated carbocycles. The molecule has 0 fully saturated rings. The van der Waals surface area contributed by atoms with Gasteiger partial charge in [-0.15, -0.1) is 0 Å². The number of carbonyl (C=O) groups excluding carboxylic acids is 1. The van der Waals surface area contributed by atoms with Crippen LogP contribution in [0.1, 0.15) is 38.6 Å². The Morgan fingerprint density at radius 3 is 2.55 bits per heavy atom. The lowest BCUT2D eigenvalue weighted by Gasteiger charge is -2.09. The molecule has 0 spiro atoms. The minimum atomic E-state index is -0.501. The van der Waals surface area contributed by atoms with Gasteiger partial charge in [-0.2, -0.15) is 0 Å². The van der Waals surface area contributed by atoms with Crippen molar-refractivity contribution in [3.8, 4) is 11.3 Å². The summed E-state index contributed by atoms with van der Waals surface area (Å²) in [6, 6.07) is 15.0. The molecule has 2 N–H and O–H groups in total. The van der Waals surface area contributed by atoms with Crippen molar-refractivity contribution in [1.29, 1.82) is 0 Å². The Morgan fingerprint density at radius 2 is 1.86 bits per heavy atom. The van der Waals surface area contributed by atoms with Gasteiger partial charge in [0.25, 0.3) is 5.91 Å². The zero-order valence-electron chi connectivity index (χ0n) is 17.2. The third-order valence-corrected chi connectivity index (χ3v) is 5.57. The van der Waals surface area contributed by atoms with Crippen LogP contribution in [0.25, 0.3) is 22.2 Å². The van der Waals surface area contributed by atoms with Crippen molar-refractivity contribution in [1.82, 2.24) is 14.5 Å². The standard InChI is InChI=1S/C24H24N4O/c1-14-7-5-6-8-18(14)23-15(2)19-11-17(9-10-21(19)28(23)4)12-22-26-13-20(24(25)29)16(3)27-22/h5-11,13H,12H2,1-4H3,(H2,25,29). The van der Waals surface area contributed by atoms with Crippen molar-refractivity contribution >= 4 is 16.8 Å². The zero-order chi connectivity index (χ0) is 20.7. The second-order valence-corrected chi connectivity index (χ2v) is 7.53. The van der Waals surface area contributed by atoms with E-state index in [1.54, 1.807) is 6.92 Å². The smallest absolute Gasteiger partial charge is 0.252 e. The van der Waals surface area contributed by atoms with Gasteiger partial charge in [-0.3, -0.25) is 4.79 Å². The van der Waals surface area contributed by atoms with Gasteiger partial charge in [-0.25, -0.2) is 9.97 Å². The molecule has 0 bridgehead atoms. The second-order valence-electron chi connectivity index (χ2n) is 7.53. The fourth-order valence-corrected chi connectivity index (χ4v) is 4.03. The molecule has 5 heteroatoms. The van der Waals surface area contributed by atoms with Gasteiger partial charge in [-0.05, 0) is 49.6 Å². The van der Waals surface area contributed by atoms with Crippen molar-refractivity contribution < 1.29 is 4.79 Å². The highest BCUT2D eigenvalue weighted by molar-refractivity contribution is 5.93. The summed E-state index contributed by atoms with van der Waals surface area (Å²) in [5, 5.41) is 1.23. The topological polar surface area (TPSA) is 73.8 Å². The lowest BCUT2D eigenvalue weighted by Crippen LogP contribution is -2.15. The molecule has 0 radical (unpaired) electrons. The molecular formula is C24H24N4O. The molecule has 4 aromatic rings. The summed E-state index contributed by atoms with van der Waals surface area (Å²) in [6.07, 6.45) is 2.12. The predicted molar refractivity (Wildman–Crippen MR) is 116 cm³/mol. The van der Waals surface area contributed by atoms with Gasteiger partial charge in [0.1, 0.15) is 5.82 Å². The molecule has 0 aliphatic carbocycles. The quantitative estimate of drug-likeness (QED) is 0.572. The summed E-state index contributed by atoms with van der Waals surface area (Å²) in [4.78, 5) is 20.2. The molecule has 0 aliphatic heterocycles. The molecule has 2 aromatic heterocycles. The van der Waals surface area contributed by atoms with Gasteiger partial charge < -0.3 is 10.3 Å². The Kier molecular flexibility index (Phi) is 4.66. The zero-order valence-corrected chi connectivity index (χ0v) is 17.2. The first-order chi connectivity index (χ1) is 13.9. The SMILES string of the molecule is Cc1ccccc1-c1c(C)c2cc(Cc3ncc(C(N)=O)c(C)n3)ccc2n1C. The summed E-state index contributed by atoms with van der Waals surface area (Å²) in [6.45, 7) is 6.10. The van der Waals surface area contributed by atoms with Crippen molar-refractivity contribution in [3.05, 3.63) is 82.4 Å². The molecule has 0 unspecified atom stereocenters. The number of nitrogens with two attached hydrogens (primary N) is 1. The van der Waals surface area contributed by atoms with E-state index in [1.165, 1.54) is 39.5 Å². The van der Waals surface area contributed by atoms with E-state index in [0.717, 1.165) is 5.56 Å². The first kappa shape index (κ1) is 18.9. The molecule has 0 aliphatic rings. The molecule has 146 valence electrons. The molecule has 5 nitrogen and oxygen atoms in total. The van der Waals surface area contributed by atoms with Gasteiger partial charge >= 0.3 is 0 Å². The fraction of sp³-hybridized carbons (Fsp3) is 0.208. The molecule has 2 aromatic carbocycles. The minimum absolute atomic E-state index is 0.367. The average Bonchev–Trinajstić information content (AvgIpc) is 2.92. The number of fused-ring (bicyclic) bond motifs is 1. The normalized spacial score (nSPS) is 11.2. The predicted octanol–water partition coefficient (Wildman–Crippen LogP) is 4.25. The summed E-state index contributed by atoms with van der Waals surface area (Å²) in [5.74, 6) is 0.179. The third kappa shape index (κ3) is 3.29. The van der Waals surface area contributed by atoms with Crippen molar-refractivity contribution in [2.75, 3.05) is 0 Å². The molecule has 29 heavy (non-hydrogen) atoms. The Hall–Kier alpha value is -3.47. The number of amides is 1. The van der Waals surface area contributed by atoms with Crippen LogP contribution in [0.15, 0.2) is 48.7 Å². The van der Waals surface area contributed by atoms with Crippen molar-refractivity contribution in [3.63, 3.8) is 0 Å². The van der Waals surface area contributed by atoms with Crippen molar-refractivity contribution in [2.45, 2.75) is 27.2 Å². The summed E-state index contributed by atoms with van der Waals surface area (Å²) < 4.78 is 2.26.